The van der Waals surface area contributed by atoms with E-state index in [9.17, 15) is 14.4 Å². The van der Waals surface area contributed by atoms with E-state index in [2.05, 4.69) is 21.0 Å². The fourth-order valence-electron chi connectivity index (χ4n) is 2.65. The van der Waals surface area contributed by atoms with Crippen molar-refractivity contribution in [2.24, 2.45) is 0 Å². The van der Waals surface area contributed by atoms with Gasteiger partial charge in [0.15, 0.2) is 0 Å². The molecule has 2 heterocycles. The Bertz CT molecular complexity index is 953. The number of aryl methyl sites for hydroxylation is 1. The van der Waals surface area contributed by atoms with Gasteiger partial charge in [0.2, 0.25) is 5.56 Å². The summed E-state index contributed by atoms with van der Waals surface area (Å²) in [7, 11) is 0. The van der Waals surface area contributed by atoms with Gasteiger partial charge in [-0.05, 0) is 53.3 Å². The van der Waals surface area contributed by atoms with Gasteiger partial charge in [-0.2, -0.15) is 11.3 Å². The number of nitrogens with one attached hydrogen (secondary N) is 3. The van der Waals surface area contributed by atoms with Gasteiger partial charge in [0.1, 0.15) is 11.4 Å². The van der Waals surface area contributed by atoms with Gasteiger partial charge in [-0.25, -0.2) is 0 Å². The smallest absolute Gasteiger partial charge is 0.253 e. The Labute approximate surface area is 148 Å². The molecule has 0 amide bonds. The van der Waals surface area contributed by atoms with E-state index in [1.54, 1.807) is 23.6 Å². The molecule has 1 aromatic carbocycles. The minimum atomic E-state index is -0.464. The van der Waals surface area contributed by atoms with Crippen molar-refractivity contribution in [2.75, 3.05) is 23.7 Å². The molecule has 6 nitrogen and oxygen atoms in total. The molecule has 0 saturated heterocycles. The first-order valence-corrected chi connectivity index (χ1v) is 9.09. The molecular formula is C18H19N3O3S. The average Bonchev–Trinajstić information content (AvgIpc) is 3.12. The predicted octanol–water partition coefficient (Wildman–Crippen LogP) is 1.73. The Morgan fingerprint density at radius 3 is 2.36 bits per heavy atom. The molecule has 0 aliphatic carbocycles. The monoisotopic (exact) mass is 357 g/mol. The maximum atomic E-state index is 11.7. The SMILES string of the molecule is O=c1cc(CCCNc2c(NCCc3ccsc3)c(=O)c2=O)cc[nH]1. The number of pyridine rings is 1. The highest BCUT2D eigenvalue weighted by Gasteiger charge is 2.19. The molecule has 2 aromatic heterocycles. The Morgan fingerprint density at radius 2 is 1.68 bits per heavy atom. The van der Waals surface area contributed by atoms with Crippen LogP contribution in [-0.2, 0) is 12.8 Å². The van der Waals surface area contributed by atoms with Crippen LogP contribution in [-0.4, -0.2) is 18.1 Å². The van der Waals surface area contributed by atoms with E-state index in [4.69, 9.17) is 0 Å². The molecule has 0 aliphatic heterocycles. The van der Waals surface area contributed by atoms with E-state index in [0.717, 1.165) is 24.8 Å². The molecule has 3 aromatic rings. The Morgan fingerprint density at radius 1 is 0.920 bits per heavy atom. The highest BCUT2D eigenvalue weighted by atomic mass is 32.1. The first-order valence-electron chi connectivity index (χ1n) is 8.15. The van der Waals surface area contributed by atoms with Gasteiger partial charge in [-0.15, -0.1) is 0 Å². The number of hydrogen-bond acceptors (Lipinski definition) is 6. The maximum absolute atomic E-state index is 11.7. The van der Waals surface area contributed by atoms with E-state index < -0.39 is 10.9 Å². The van der Waals surface area contributed by atoms with Gasteiger partial charge >= 0.3 is 0 Å². The molecule has 3 rings (SSSR count). The van der Waals surface area contributed by atoms with Gasteiger partial charge in [-0.3, -0.25) is 14.4 Å². The minimum Gasteiger partial charge on any atom is -0.380 e. The molecule has 25 heavy (non-hydrogen) atoms. The quantitative estimate of drug-likeness (QED) is 0.401. The number of thiophene rings is 1. The molecule has 0 unspecified atom stereocenters. The van der Waals surface area contributed by atoms with E-state index in [-0.39, 0.29) is 5.56 Å². The van der Waals surface area contributed by atoms with E-state index in [0.29, 0.717) is 24.5 Å². The van der Waals surface area contributed by atoms with Gasteiger partial charge in [0.25, 0.3) is 10.9 Å². The van der Waals surface area contributed by atoms with Gasteiger partial charge in [-0.1, -0.05) is 0 Å². The Hall–Kier alpha value is -2.67. The third-order valence-corrected chi connectivity index (χ3v) is 4.72. The number of H-pyrrole nitrogens is 1. The van der Waals surface area contributed by atoms with Crippen molar-refractivity contribution < 1.29 is 0 Å². The Balaban J connectivity index is 1.47. The number of aromatic amines is 1. The fourth-order valence-corrected chi connectivity index (χ4v) is 3.35. The summed E-state index contributed by atoms with van der Waals surface area (Å²) in [6, 6.07) is 5.47. The maximum Gasteiger partial charge on any atom is 0.253 e. The van der Waals surface area contributed by atoms with Crippen LogP contribution >= 0.6 is 11.3 Å². The van der Waals surface area contributed by atoms with Crippen LogP contribution < -0.4 is 27.1 Å². The normalized spacial score (nSPS) is 10.9. The summed E-state index contributed by atoms with van der Waals surface area (Å²) in [6.07, 6.45) is 3.92. The summed E-state index contributed by atoms with van der Waals surface area (Å²) >= 11 is 1.64. The Kier molecular flexibility index (Phi) is 5.45. The summed E-state index contributed by atoms with van der Waals surface area (Å²) in [4.78, 5) is 37.2. The lowest BCUT2D eigenvalue weighted by Crippen LogP contribution is -2.38. The first-order chi connectivity index (χ1) is 12.1. The van der Waals surface area contributed by atoms with Crippen molar-refractivity contribution in [3.63, 3.8) is 0 Å². The third kappa shape index (κ3) is 4.24. The van der Waals surface area contributed by atoms with Crippen LogP contribution in [0.3, 0.4) is 0 Å². The summed E-state index contributed by atoms with van der Waals surface area (Å²) in [6.45, 7) is 1.18. The zero-order chi connectivity index (χ0) is 17.6. The van der Waals surface area contributed by atoms with E-state index in [1.165, 1.54) is 5.56 Å². The summed E-state index contributed by atoms with van der Waals surface area (Å²) in [5.74, 6) is 0. The number of aromatic nitrogens is 1. The van der Waals surface area contributed by atoms with E-state index in [1.807, 2.05) is 17.5 Å². The summed E-state index contributed by atoms with van der Waals surface area (Å²) in [5, 5.41) is 10.2. The lowest BCUT2D eigenvalue weighted by atomic mass is 10.1. The van der Waals surface area contributed by atoms with Crippen LogP contribution in [0.4, 0.5) is 11.4 Å². The third-order valence-electron chi connectivity index (χ3n) is 3.99. The highest BCUT2D eigenvalue weighted by Crippen LogP contribution is 2.15. The van der Waals surface area contributed by atoms with Gasteiger partial charge in [0, 0.05) is 25.4 Å². The molecule has 0 atom stereocenters. The van der Waals surface area contributed by atoms with Crippen LogP contribution in [0.2, 0.25) is 0 Å². The van der Waals surface area contributed by atoms with Crippen molar-refractivity contribution in [3.8, 4) is 0 Å². The minimum absolute atomic E-state index is 0.120. The predicted molar refractivity (Wildman–Crippen MR) is 102 cm³/mol. The number of hydrogen-bond donors (Lipinski definition) is 3. The molecule has 0 saturated carbocycles. The average molecular weight is 357 g/mol. The van der Waals surface area contributed by atoms with Crippen molar-refractivity contribution >= 4 is 22.7 Å². The van der Waals surface area contributed by atoms with Crippen molar-refractivity contribution in [3.05, 3.63) is 77.1 Å². The molecule has 0 aliphatic rings. The second-order valence-electron chi connectivity index (χ2n) is 5.81. The standard InChI is InChI=1S/C18H19N3O3S/c22-14-10-12(3-7-19-14)2-1-6-20-15-16(18(24)17(15)23)21-8-4-13-5-9-25-11-13/h3,5,7,9-11,20-21H,1-2,4,6,8H2,(H,19,22). The molecule has 0 bridgehead atoms. The van der Waals surface area contributed by atoms with Crippen LogP contribution in [0.5, 0.6) is 0 Å². The second kappa shape index (κ2) is 7.94. The summed E-state index contributed by atoms with van der Waals surface area (Å²) < 4.78 is 0. The lowest BCUT2D eigenvalue weighted by Gasteiger charge is -2.14. The van der Waals surface area contributed by atoms with Crippen molar-refractivity contribution in [1.82, 2.24) is 4.98 Å². The zero-order valence-corrected chi connectivity index (χ0v) is 14.4. The number of rotatable bonds is 9. The topological polar surface area (TPSA) is 91.1 Å². The van der Waals surface area contributed by atoms with Gasteiger partial charge in [0.05, 0.1) is 0 Å². The van der Waals surface area contributed by atoms with Crippen molar-refractivity contribution in [1.29, 1.82) is 0 Å². The van der Waals surface area contributed by atoms with Crippen LogP contribution in [0, 0.1) is 0 Å². The molecule has 0 radical (unpaired) electrons. The van der Waals surface area contributed by atoms with Gasteiger partial charge < -0.3 is 15.6 Å². The van der Waals surface area contributed by atoms with Crippen molar-refractivity contribution in [2.45, 2.75) is 19.3 Å². The molecule has 130 valence electrons. The fraction of sp³-hybridized carbons (Fsp3) is 0.278. The molecule has 7 heteroatoms. The number of anilines is 2. The molecule has 3 N–H and O–H groups in total. The van der Waals surface area contributed by atoms with E-state index >= 15 is 0 Å². The van der Waals surface area contributed by atoms with Crippen LogP contribution in [0.15, 0.2) is 49.5 Å². The summed E-state index contributed by atoms with van der Waals surface area (Å²) in [5.41, 5.74) is 1.88. The lowest BCUT2D eigenvalue weighted by molar-refractivity contribution is 0.856. The second-order valence-corrected chi connectivity index (χ2v) is 6.59. The highest BCUT2D eigenvalue weighted by molar-refractivity contribution is 7.07. The first kappa shape index (κ1) is 17.2. The largest absolute Gasteiger partial charge is 0.380 e. The molecule has 0 fully saturated rings. The molecule has 0 spiro atoms. The zero-order valence-electron chi connectivity index (χ0n) is 13.6. The van der Waals surface area contributed by atoms with Crippen LogP contribution in [0.1, 0.15) is 17.5 Å². The molecular weight excluding hydrogens is 338 g/mol. The van der Waals surface area contributed by atoms with Crippen LogP contribution in [0.25, 0.3) is 0 Å².